The van der Waals surface area contributed by atoms with Crippen molar-refractivity contribution in [3.8, 4) is 0 Å². The van der Waals surface area contributed by atoms with Gasteiger partial charge in [0, 0.05) is 30.4 Å². The maximum atomic E-state index is 12.8. The summed E-state index contributed by atoms with van der Waals surface area (Å²) in [5.74, 6) is -0.323. The number of fused-ring (bicyclic) bond motifs is 1. The van der Waals surface area contributed by atoms with Crippen LogP contribution in [0.15, 0.2) is 52.3 Å². The molecule has 0 saturated carbocycles. The molecule has 31 heavy (non-hydrogen) atoms. The topological polar surface area (TPSA) is 78.5 Å². The van der Waals surface area contributed by atoms with Crippen LogP contribution in [0.1, 0.15) is 31.4 Å². The molecule has 0 aromatic heterocycles. The SMILES string of the molecule is CSc1ccc(S(=O)(=O)NCCCN2CCc3ccccc3C2)cc1NC(=O)C(C)C. The summed E-state index contributed by atoms with van der Waals surface area (Å²) >= 11 is 1.47. The number of hydrogen-bond donors (Lipinski definition) is 2. The Kier molecular flexibility index (Phi) is 8.16. The minimum atomic E-state index is -3.64. The van der Waals surface area contributed by atoms with Crippen LogP contribution in [0.4, 0.5) is 5.69 Å². The minimum absolute atomic E-state index is 0.138. The van der Waals surface area contributed by atoms with Gasteiger partial charge in [0.2, 0.25) is 15.9 Å². The summed E-state index contributed by atoms with van der Waals surface area (Å²) in [4.78, 5) is 15.4. The van der Waals surface area contributed by atoms with Gasteiger partial charge >= 0.3 is 0 Å². The molecule has 0 bridgehead atoms. The highest BCUT2D eigenvalue weighted by atomic mass is 32.2. The number of nitrogens with one attached hydrogen (secondary N) is 2. The summed E-state index contributed by atoms with van der Waals surface area (Å²) in [5, 5.41) is 2.83. The lowest BCUT2D eigenvalue weighted by Gasteiger charge is -2.28. The molecule has 0 saturated heterocycles. The number of hydrogen-bond acceptors (Lipinski definition) is 5. The first-order chi connectivity index (χ1) is 14.8. The van der Waals surface area contributed by atoms with E-state index >= 15 is 0 Å². The summed E-state index contributed by atoms with van der Waals surface area (Å²) in [5.41, 5.74) is 3.30. The Labute approximate surface area is 189 Å². The van der Waals surface area contributed by atoms with Crippen molar-refractivity contribution in [3.63, 3.8) is 0 Å². The smallest absolute Gasteiger partial charge is 0.240 e. The van der Waals surface area contributed by atoms with E-state index in [2.05, 4.69) is 39.2 Å². The minimum Gasteiger partial charge on any atom is -0.325 e. The van der Waals surface area contributed by atoms with E-state index < -0.39 is 10.0 Å². The maximum Gasteiger partial charge on any atom is 0.240 e. The van der Waals surface area contributed by atoms with E-state index in [0.29, 0.717) is 12.2 Å². The molecule has 0 aliphatic carbocycles. The van der Waals surface area contributed by atoms with Gasteiger partial charge in [-0.2, -0.15) is 0 Å². The zero-order valence-electron chi connectivity index (χ0n) is 18.3. The van der Waals surface area contributed by atoms with Gasteiger partial charge in [-0.25, -0.2) is 13.1 Å². The highest BCUT2D eigenvalue weighted by molar-refractivity contribution is 7.98. The van der Waals surface area contributed by atoms with Crippen LogP contribution < -0.4 is 10.0 Å². The second kappa shape index (κ2) is 10.6. The van der Waals surface area contributed by atoms with Crippen LogP contribution in [0, 0.1) is 5.92 Å². The number of amides is 1. The van der Waals surface area contributed by atoms with E-state index in [0.717, 1.165) is 37.4 Å². The standard InChI is InChI=1S/C23H31N3O3S2/c1-17(2)23(27)25-21-15-20(9-10-22(21)30-3)31(28,29)24-12-6-13-26-14-11-18-7-4-5-8-19(18)16-26/h4-5,7-10,15,17,24H,6,11-14,16H2,1-3H3,(H,25,27). The molecule has 6 nitrogen and oxygen atoms in total. The number of carbonyl (C=O) groups excluding carboxylic acids is 1. The van der Waals surface area contributed by atoms with E-state index in [9.17, 15) is 13.2 Å². The van der Waals surface area contributed by atoms with Crippen LogP contribution in [0.5, 0.6) is 0 Å². The molecule has 0 unspecified atom stereocenters. The van der Waals surface area contributed by atoms with Crippen LogP contribution in [0.3, 0.4) is 0 Å². The molecule has 2 N–H and O–H groups in total. The third-order valence-corrected chi connectivity index (χ3v) is 7.67. The quantitative estimate of drug-likeness (QED) is 0.439. The lowest BCUT2D eigenvalue weighted by atomic mass is 10.00. The van der Waals surface area contributed by atoms with Crippen molar-refractivity contribution < 1.29 is 13.2 Å². The Hall–Kier alpha value is -1.87. The molecule has 2 aromatic rings. The summed E-state index contributed by atoms with van der Waals surface area (Å²) in [6, 6.07) is 13.3. The van der Waals surface area contributed by atoms with Crippen LogP contribution in [0.25, 0.3) is 0 Å². The average molecular weight is 462 g/mol. The zero-order chi connectivity index (χ0) is 22.4. The number of anilines is 1. The lowest BCUT2D eigenvalue weighted by Crippen LogP contribution is -2.33. The highest BCUT2D eigenvalue weighted by Crippen LogP contribution is 2.28. The molecule has 168 valence electrons. The predicted molar refractivity (Wildman–Crippen MR) is 127 cm³/mol. The first-order valence-electron chi connectivity index (χ1n) is 10.6. The first-order valence-corrected chi connectivity index (χ1v) is 13.3. The van der Waals surface area contributed by atoms with Gasteiger partial charge in [0.05, 0.1) is 10.6 Å². The number of thioether (sulfide) groups is 1. The zero-order valence-corrected chi connectivity index (χ0v) is 20.0. The number of carbonyl (C=O) groups is 1. The molecular weight excluding hydrogens is 430 g/mol. The monoisotopic (exact) mass is 461 g/mol. The van der Waals surface area contributed by atoms with Crippen LogP contribution in [-0.2, 0) is 27.8 Å². The second-order valence-corrected chi connectivity index (χ2v) is 10.7. The fourth-order valence-corrected chi connectivity index (χ4v) is 5.20. The van der Waals surface area contributed by atoms with Gasteiger partial charge in [0.15, 0.2) is 0 Å². The molecule has 1 heterocycles. The van der Waals surface area contributed by atoms with E-state index in [1.807, 2.05) is 6.26 Å². The third-order valence-electron chi connectivity index (χ3n) is 5.42. The molecule has 0 atom stereocenters. The summed E-state index contributed by atoms with van der Waals surface area (Å²) in [7, 11) is -3.64. The Balaban J connectivity index is 1.56. The van der Waals surface area contributed by atoms with Crippen molar-refractivity contribution >= 4 is 33.4 Å². The Morgan fingerprint density at radius 3 is 2.61 bits per heavy atom. The maximum absolute atomic E-state index is 12.8. The molecule has 1 amide bonds. The van der Waals surface area contributed by atoms with Crippen molar-refractivity contribution in [2.24, 2.45) is 5.92 Å². The molecule has 0 spiro atoms. The molecular formula is C23H31N3O3S2. The van der Waals surface area contributed by atoms with Crippen LogP contribution in [-0.4, -0.2) is 45.1 Å². The van der Waals surface area contributed by atoms with Gasteiger partial charge in [0.25, 0.3) is 0 Å². The Morgan fingerprint density at radius 2 is 1.90 bits per heavy atom. The largest absolute Gasteiger partial charge is 0.325 e. The molecule has 1 aliphatic heterocycles. The molecule has 8 heteroatoms. The number of nitrogens with zero attached hydrogens (tertiary/aromatic N) is 1. The molecule has 1 aliphatic rings. The normalized spacial score (nSPS) is 14.5. The number of sulfonamides is 1. The van der Waals surface area contributed by atoms with Crippen molar-refractivity contribution in [1.29, 1.82) is 0 Å². The second-order valence-electron chi connectivity index (χ2n) is 8.05. The van der Waals surface area contributed by atoms with E-state index in [1.54, 1.807) is 26.0 Å². The van der Waals surface area contributed by atoms with Gasteiger partial charge in [-0.05, 0) is 55.0 Å². The summed E-state index contributed by atoms with van der Waals surface area (Å²) in [6.45, 7) is 6.74. The molecule has 3 rings (SSSR count). The number of rotatable bonds is 9. The van der Waals surface area contributed by atoms with E-state index in [1.165, 1.54) is 29.0 Å². The van der Waals surface area contributed by atoms with Crippen molar-refractivity contribution in [2.45, 2.75) is 43.0 Å². The Morgan fingerprint density at radius 1 is 1.16 bits per heavy atom. The highest BCUT2D eigenvalue weighted by Gasteiger charge is 2.19. The van der Waals surface area contributed by atoms with Crippen molar-refractivity contribution in [2.75, 3.05) is 31.2 Å². The van der Waals surface area contributed by atoms with Gasteiger partial charge in [-0.1, -0.05) is 38.1 Å². The van der Waals surface area contributed by atoms with Crippen molar-refractivity contribution in [1.82, 2.24) is 9.62 Å². The molecule has 0 radical (unpaired) electrons. The van der Waals surface area contributed by atoms with E-state index in [-0.39, 0.29) is 16.7 Å². The average Bonchev–Trinajstić information content (AvgIpc) is 2.76. The van der Waals surface area contributed by atoms with Gasteiger partial charge in [-0.3, -0.25) is 9.69 Å². The van der Waals surface area contributed by atoms with Gasteiger partial charge in [0.1, 0.15) is 0 Å². The number of benzene rings is 2. The summed E-state index contributed by atoms with van der Waals surface area (Å²) in [6.07, 6.45) is 3.67. The van der Waals surface area contributed by atoms with Crippen molar-refractivity contribution in [3.05, 3.63) is 53.6 Å². The van der Waals surface area contributed by atoms with E-state index in [4.69, 9.17) is 0 Å². The van der Waals surface area contributed by atoms with Crippen LogP contribution in [0.2, 0.25) is 0 Å². The fraction of sp³-hybridized carbons (Fsp3) is 0.435. The lowest BCUT2D eigenvalue weighted by molar-refractivity contribution is -0.118. The van der Waals surface area contributed by atoms with Gasteiger partial charge in [-0.15, -0.1) is 11.8 Å². The summed E-state index contributed by atoms with van der Waals surface area (Å²) < 4.78 is 28.2. The predicted octanol–water partition coefficient (Wildman–Crippen LogP) is 3.73. The molecule has 2 aromatic carbocycles. The molecule has 0 fully saturated rings. The van der Waals surface area contributed by atoms with Crippen LogP contribution >= 0.6 is 11.8 Å². The third kappa shape index (κ3) is 6.32. The fourth-order valence-electron chi connectivity index (χ4n) is 3.57. The Bertz CT molecular complexity index is 1020. The first kappa shape index (κ1) is 23.8. The van der Waals surface area contributed by atoms with Gasteiger partial charge < -0.3 is 5.32 Å².